The van der Waals surface area contributed by atoms with Crippen molar-refractivity contribution >= 4 is 17.6 Å². The summed E-state index contributed by atoms with van der Waals surface area (Å²) in [5, 5.41) is 3.65. The first kappa shape index (κ1) is 8.67. The Hall–Kier alpha value is -1.62. The lowest BCUT2D eigenvalue weighted by Gasteiger charge is -2.01. The summed E-state index contributed by atoms with van der Waals surface area (Å²) in [6, 6.07) is 5.97. The summed E-state index contributed by atoms with van der Waals surface area (Å²) in [6.45, 7) is 0. The monoisotopic (exact) mass is 220 g/mol. The van der Waals surface area contributed by atoms with Gasteiger partial charge in [0, 0.05) is 0 Å². The fourth-order valence-corrected chi connectivity index (χ4v) is 2.27. The number of thioether (sulfide) groups is 1. The zero-order chi connectivity index (χ0) is 10.3. The van der Waals surface area contributed by atoms with E-state index in [9.17, 15) is 0 Å². The molecule has 0 radical (unpaired) electrons. The summed E-state index contributed by atoms with van der Waals surface area (Å²) >= 11 is 1.69. The van der Waals surface area contributed by atoms with E-state index < -0.39 is 0 Å². The molecule has 0 fully saturated rings. The predicted molar refractivity (Wildman–Crippen MR) is 57.7 cm³/mol. The topological polar surface area (TPSA) is 61.3 Å². The number of anilines is 1. The van der Waals surface area contributed by atoms with Crippen LogP contribution < -0.4 is 10.5 Å². The number of ether oxygens (including phenoxy) is 1. The van der Waals surface area contributed by atoms with Crippen LogP contribution in [-0.2, 0) is 0 Å². The Balaban J connectivity index is 2.11. The molecule has 4 nitrogen and oxygen atoms in total. The normalized spacial score (nSPS) is 13.6. The van der Waals surface area contributed by atoms with Crippen molar-refractivity contribution in [1.29, 1.82) is 0 Å². The SMILES string of the molecule is Nc1oncc1-c1ccc2c(c1)OCS2. The maximum atomic E-state index is 5.64. The van der Waals surface area contributed by atoms with Crippen LogP contribution in [0.4, 0.5) is 5.88 Å². The molecule has 2 aromatic rings. The van der Waals surface area contributed by atoms with Crippen LogP contribution in [0.25, 0.3) is 11.1 Å². The minimum atomic E-state index is 0.334. The summed E-state index contributed by atoms with van der Waals surface area (Å²) in [4.78, 5) is 1.16. The van der Waals surface area contributed by atoms with Gasteiger partial charge < -0.3 is 15.0 Å². The second kappa shape index (κ2) is 3.20. The molecule has 0 unspecified atom stereocenters. The summed E-state index contributed by atoms with van der Waals surface area (Å²) in [5.41, 5.74) is 7.41. The van der Waals surface area contributed by atoms with Crippen LogP contribution in [0.5, 0.6) is 5.75 Å². The van der Waals surface area contributed by atoms with Gasteiger partial charge in [0.1, 0.15) is 11.7 Å². The molecular formula is C10H8N2O2S. The van der Waals surface area contributed by atoms with Crippen molar-refractivity contribution in [3.63, 3.8) is 0 Å². The van der Waals surface area contributed by atoms with Crippen molar-refractivity contribution in [3.8, 4) is 16.9 Å². The van der Waals surface area contributed by atoms with Gasteiger partial charge in [-0.05, 0) is 17.7 Å². The molecule has 1 aliphatic heterocycles. The number of hydrogen-bond donors (Lipinski definition) is 1. The average molecular weight is 220 g/mol. The number of fused-ring (bicyclic) bond motifs is 1. The van der Waals surface area contributed by atoms with Crippen molar-refractivity contribution in [3.05, 3.63) is 24.4 Å². The highest BCUT2D eigenvalue weighted by atomic mass is 32.2. The first-order valence-electron chi connectivity index (χ1n) is 4.45. The van der Waals surface area contributed by atoms with E-state index in [1.165, 1.54) is 0 Å². The molecule has 0 atom stereocenters. The Morgan fingerprint density at radius 3 is 3.13 bits per heavy atom. The Morgan fingerprint density at radius 1 is 1.40 bits per heavy atom. The number of rotatable bonds is 1. The molecule has 15 heavy (non-hydrogen) atoms. The van der Waals surface area contributed by atoms with Gasteiger partial charge in [0.25, 0.3) is 0 Å². The molecule has 0 saturated heterocycles. The van der Waals surface area contributed by atoms with Crippen molar-refractivity contribution in [2.45, 2.75) is 4.90 Å². The van der Waals surface area contributed by atoms with Crippen LogP contribution in [-0.4, -0.2) is 11.1 Å². The maximum absolute atomic E-state index is 5.64. The van der Waals surface area contributed by atoms with Crippen LogP contribution >= 0.6 is 11.8 Å². The Labute approximate surface area is 90.4 Å². The van der Waals surface area contributed by atoms with Crippen LogP contribution in [0.3, 0.4) is 0 Å². The summed E-state index contributed by atoms with van der Waals surface area (Å²) in [6.07, 6.45) is 1.61. The molecular weight excluding hydrogens is 212 g/mol. The lowest BCUT2D eigenvalue weighted by atomic mass is 10.1. The smallest absolute Gasteiger partial charge is 0.229 e. The Kier molecular flexibility index (Phi) is 1.85. The van der Waals surface area contributed by atoms with Gasteiger partial charge in [-0.3, -0.25) is 0 Å². The molecule has 5 heteroatoms. The van der Waals surface area contributed by atoms with E-state index in [0.717, 1.165) is 21.8 Å². The van der Waals surface area contributed by atoms with E-state index in [0.29, 0.717) is 11.8 Å². The predicted octanol–water partition coefficient (Wildman–Crippen LogP) is 2.37. The molecule has 1 aromatic carbocycles. The van der Waals surface area contributed by atoms with E-state index >= 15 is 0 Å². The van der Waals surface area contributed by atoms with Crippen LogP contribution in [0.2, 0.25) is 0 Å². The van der Waals surface area contributed by atoms with E-state index in [1.54, 1.807) is 18.0 Å². The third-order valence-electron chi connectivity index (χ3n) is 2.28. The third kappa shape index (κ3) is 1.35. The minimum Gasteiger partial charge on any atom is -0.481 e. The molecule has 2 N–H and O–H groups in total. The van der Waals surface area contributed by atoms with Gasteiger partial charge in [-0.1, -0.05) is 23.0 Å². The summed E-state index contributed by atoms with van der Waals surface area (Å²) < 4.78 is 10.3. The fourth-order valence-electron chi connectivity index (χ4n) is 1.53. The number of hydrogen-bond acceptors (Lipinski definition) is 5. The van der Waals surface area contributed by atoms with Gasteiger partial charge in [-0.2, -0.15) is 0 Å². The van der Waals surface area contributed by atoms with Gasteiger partial charge in [-0.15, -0.1) is 0 Å². The lowest BCUT2D eigenvalue weighted by molar-refractivity contribution is 0.398. The highest BCUT2D eigenvalue weighted by molar-refractivity contribution is 7.99. The van der Waals surface area contributed by atoms with Crippen molar-refractivity contribution in [2.24, 2.45) is 0 Å². The lowest BCUT2D eigenvalue weighted by Crippen LogP contribution is -1.86. The van der Waals surface area contributed by atoms with Crippen molar-refractivity contribution in [1.82, 2.24) is 5.16 Å². The highest BCUT2D eigenvalue weighted by Gasteiger charge is 2.15. The van der Waals surface area contributed by atoms with E-state index in [4.69, 9.17) is 15.0 Å². The van der Waals surface area contributed by atoms with Gasteiger partial charge in [0.15, 0.2) is 0 Å². The van der Waals surface area contributed by atoms with Gasteiger partial charge in [-0.25, -0.2) is 0 Å². The number of benzene rings is 1. The maximum Gasteiger partial charge on any atom is 0.229 e. The van der Waals surface area contributed by atoms with E-state index in [-0.39, 0.29) is 0 Å². The molecule has 0 amide bonds. The zero-order valence-corrected chi connectivity index (χ0v) is 8.58. The molecule has 0 aliphatic carbocycles. The van der Waals surface area contributed by atoms with E-state index in [2.05, 4.69) is 5.16 Å². The molecule has 1 aliphatic rings. The second-order valence-corrected chi connectivity index (χ2v) is 4.14. The molecule has 0 bridgehead atoms. The number of nitrogen functional groups attached to an aromatic ring is 1. The quantitative estimate of drug-likeness (QED) is 0.799. The van der Waals surface area contributed by atoms with Gasteiger partial charge in [0.05, 0.1) is 16.7 Å². The van der Waals surface area contributed by atoms with Crippen molar-refractivity contribution < 1.29 is 9.26 Å². The van der Waals surface area contributed by atoms with Gasteiger partial charge in [0.2, 0.25) is 5.88 Å². The minimum absolute atomic E-state index is 0.334. The number of nitrogens with zero attached hydrogens (tertiary/aromatic N) is 1. The molecule has 0 saturated carbocycles. The molecule has 2 heterocycles. The molecule has 76 valence electrons. The van der Waals surface area contributed by atoms with E-state index in [1.807, 2.05) is 18.2 Å². The van der Waals surface area contributed by atoms with Crippen LogP contribution in [0, 0.1) is 0 Å². The van der Waals surface area contributed by atoms with Crippen LogP contribution in [0.1, 0.15) is 0 Å². The first-order chi connectivity index (χ1) is 7.34. The fraction of sp³-hybridized carbons (Fsp3) is 0.100. The zero-order valence-electron chi connectivity index (χ0n) is 7.77. The summed E-state index contributed by atoms with van der Waals surface area (Å²) in [5.74, 6) is 1.91. The molecule has 3 rings (SSSR count). The third-order valence-corrected chi connectivity index (χ3v) is 3.17. The van der Waals surface area contributed by atoms with Gasteiger partial charge >= 0.3 is 0 Å². The Morgan fingerprint density at radius 2 is 2.33 bits per heavy atom. The summed E-state index contributed by atoms with van der Waals surface area (Å²) in [7, 11) is 0. The molecule has 0 spiro atoms. The average Bonchev–Trinajstić information content (AvgIpc) is 2.84. The Bertz CT molecular complexity index is 510. The number of aromatic nitrogens is 1. The second-order valence-electron chi connectivity index (χ2n) is 3.17. The largest absolute Gasteiger partial charge is 0.481 e. The highest BCUT2D eigenvalue weighted by Crippen LogP contribution is 2.39. The van der Waals surface area contributed by atoms with Crippen LogP contribution in [0.15, 0.2) is 33.8 Å². The number of nitrogens with two attached hydrogens (primary N) is 1. The van der Waals surface area contributed by atoms with Crippen molar-refractivity contribution in [2.75, 3.05) is 11.7 Å². The molecule has 1 aromatic heterocycles. The standard InChI is InChI=1S/C10H8N2O2S/c11-10-7(4-12-14-10)6-1-2-9-8(3-6)13-5-15-9/h1-4H,5,11H2. The first-order valence-corrected chi connectivity index (χ1v) is 5.43.